The minimum atomic E-state index is -4.38. The largest absolute Gasteiger partial charge is 0.457 e. The third-order valence-corrected chi connectivity index (χ3v) is 5.11. The normalized spacial score (nSPS) is 19.9. The summed E-state index contributed by atoms with van der Waals surface area (Å²) in [6, 6.07) is 10.1. The molecule has 1 atom stereocenters. The molecule has 142 valence electrons. The summed E-state index contributed by atoms with van der Waals surface area (Å²) in [7, 11) is 0. The van der Waals surface area contributed by atoms with Gasteiger partial charge in [0, 0.05) is 30.3 Å². The fourth-order valence-electron chi connectivity index (χ4n) is 3.70. The summed E-state index contributed by atoms with van der Waals surface area (Å²) in [6.45, 7) is 2.34. The molecule has 27 heavy (non-hydrogen) atoms. The van der Waals surface area contributed by atoms with Crippen LogP contribution in [0, 0.1) is 0 Å². The SMILES string of the molecule is O=C1c2cccc(Oc3ccc(C(F)(F)F)cc3)c2CCN1C1CCNC1. The first-order valence-corrected chi connectivity index (χ1v) is 8.92. The zero-order valence-corrected chi connectivity index (χ0v) is 14.6. The van der Waals surface area contributed by atoms with E-state index in [4.69, 9.17) is 4.74 Å². The van der Waals surface area contributed by atoms with Crippen LogP contribution in [0.25, 0.3) is 0 Å². The van der Waals surface area contributed by atoms with Gasteiger partial charge in [-0.3, -0.25) is 4.79 Å². The van der Waals surface area contributed by atoms with Crippen LogP contribution in [0.3, 0.4) is 0 Å². The highest BCUT2D eigenvalue weighted by Crippen LogP contribution is 2.34. The number of benzene rings is 2. The van der Waals surface area contributed by atoms with Gasteiger partial charge in [0.15, 0.2) is 0 Å². The standard InChI is InChI=1S/C20H19F3N2O2/c21-20(22,23)13-4-6-15(7-5-13)27-18-3-1-2-17-16(18)9-11-25(19(17)26)14-8-10-24-12-14/h1-7,14,24H,8-12H2. The van der Waals surface area contributed by atoms with Gasteiger partial charge in [-0.1, -0.05) is 6.07 Å². The van der Waals surface area contributed by atoms with E-state index in [1.807, 2.05) is 4.90 Å². The zero-order chi connectivity index (χ0) is 19.0. The van der Waals surface area contributed by atoms with Crippen LogP contribution < -0.4 is 10.1 Å². The molecule has 2 aliphatic heterocycles. The number of carbonyl (C=O) groups excluding carboxylic acids is 1. The number of amides is 1. The van der Waals surface area contributed by atoms with Crippen molar-refractivity contribution in [3.05, 3.63) is 59.2 Å². The van der Waals surface area contributed by atoms with Gasteiger partial charge in [-0.25, -0.2) is 0 Å². The van der Waals surface area contributed by atoms with E-state index in [0.717, 1.165) is 37.2 Å². The van der Waals surface area contributed by atoms with Crippen molar-refractivity contribution in [2.24, 2.45) is 0 Å². The summed E-state index contributed by atoms with van der Waals surface area (Å²) in [5, 5.41) is 3.27. The number of nitrogens with one attached hydrogen (secondary N) is 1. The lowest BCUT2D eigenvalue weighted by molar-refractivity contribution is -0.137. The van der Waals surface area contributed by atoms with Gasteiger partial charge >= 0.3 is 6.18 Å². The van der Waals surface area contributed by atoms with E-state index in [0.29, 0.717) is 30.0 Å². The van der Waals surface area contributed by atoms with Crippen molar-refractivity contribution < 1.29 is 22.7 Å². The molecule has 1 saturated heterocycles. The highest BCUT2D eigenvalue weighted by Gasteiger charge is 2.33. The van der Waals surface area contributed by atoms with E-state index in [2.05, 4.69) is 5.32 Å². The van der Waals surface area contributed by atoms with E-state index in [1.54, 1.807) is 18.2 Å². The average Bonchev–Trinajstić information content (AvgIpc) is 3.17. The molecular formula is C20H19F3N2O2. The van der Waals surface area contributed by atoms with Gasteiger partial charge in [0.2, 0.25) is 0 Å². The number of carbonyl (C=O) groups is 1. The minimum absolute atomic E-state index is 0.0113. The molecular weight excluding hydrogens is 357 g/mol. The molecule has 1 fully saturated rings. The first-order chi connectivity index (χ1) is 12.9. The molecule has 0 saturated carbocycles. The number of halogens is 3. The van der Waals surface area contributed by atoms with Gasteiger partial charge in [0.1, 0.15) is 11.5 Å². The molecule has 0 radical (unpaired) electrons. The summed E-state index contributed by atoms with van der Waals surface area (Å²) in [4.78, 5) is 14.8. The molecule has 0 aromatic heterocycles. The summed E-state index contributed by atoms with van der Waals surface area (Å²) in [5.41, 5.74) is 0.697. The first kappa shape index (κ1) is 17.9. The average molecular weight is 376 g/mol. The lowest BCUT2D eigenvalue weighted by Gasteiger charge is -2.33. The van der Waals surface area contributed by atoms with Crippen molar-refractivity contribution >= 4 is 5.91 Å². The Balaban J connectivity index is 1.56. The topological polar surface area (TPSA) is 41.6 Å². The van der Waals surface area contributed by atoms with Crippen LogP contribution >= 0.6 is 0 Å². The molecule has 2 aliphatic rings. The fourth-order valence-corrected chi connectivity index (χ4v) is 3.70. The Hall–Kier alpha value is -2.54. The number of hydrogen-bond donors (Lipinski definition) is 1. The monoisotopic (exact) mass is 376 g/mol. The summed E-state index contributed by atoms with van der Waals surface area (Å²) in [6.07, 6.45) is -2.77. The quantitative estimate of drug-likeness (QED) is 0.885. The molecule has 2 aromatic carbocycles. The highest BCUT2D eigenvalue weighted by molar-refractivity contribution is 5.97. The van der Waals surface area contributed by atoms with Gasteiger partial charge in [-0.2, -0.15) is 13.2 Å². The number of nitrogens with zero attached hydrogens (tertiary/aromatic N) is 1. The Kier molecular flexibility index (Phi) is 4.55. The van der Waals surface area contributed by atoms with Crippen LogP contribution in [-0.2, 0) is 12.6 Å². The lowest BCUT2D eigenvalue weighted by atomic mass is 9.96. The number of ether oxygens (including phenoxy) is 1. The van der Waals surface area contributed by atoms with Crippen molar-refractivity contribution in [1.29, 1.82) is 0 Å². The predicted octanol–water partition coefficient (Wildman–Crippen LogP) is 3.86. The Morgan fingerprint density at radius 3 is 2.56 bits per heavy atom. The molecule has 0 bridgehead atoms. The van der Waals surface area contributed by atoms with Crippen LogP contribution in [0.2, 0.25) is 0 Å². The van der Waals surface area contributed by atoms with E-state index < -0.39 is 11.7 Å². The highest BCUT2D eigenvalue weighted by atomic mass is 19.4. The van der Waals surface area contributed by atoms with Crippen LogP contribution in [0.5, 0.6) is 11.5 Å². The van der Waals surface area contributed by atoms with Crippen molar-refractivity contribution in [1.82, 2.24) is 10.2 Å². The maximum absolute atomic E-state index is 12.9. The third-order valence-electron chi connectivity index (χ3n) is 5.11. The molecule has 4 nitrogen and oxygen atoms in total. The molecule has 4 rings (SSSR count). The molecule has 0 aliphatic carbocycles. The van der Waals surface area contributed by atoms with E-state index in [1.165, 1.54) is 12.1 Å². The second-order valence-corrected chi connectivity index (χ2v) is 6.80. The van der Waals surface area contributed by atoms with Crippen LogP contribution in [0.15, 0.2) is 42.5 Å². The Bertz CT molecular complexity index is 843. The first-order valence-electron chi connectivity index (χ1n) is 8.92. The number of hydrogen-bond acceptors (Lipinski definition) is 3. The number of alkyl halides is 3. The fraction of sp³-hybridized carbons (Fsp3) is 0.350. The predicted molar refractivity (Wildman–Crippen MR) is 94.0 cm³/mol. The van der Waals surface area contributed by atoms with E-state index >= 15 is 0 Å². The van der Waals surface area contributed by atoms with Gasteiger partial charge in [0.25, 0.3) is 5.91 Å². The van der Waals surface area contributed by atoms with Crippen molar-refractivity contribution in [2.75, 3.05) is 19.6 Å². The molecule has 2 aromatic rings. The third kappa shape index (κ3) is 3.51. The molecule has 2 heterocycles. The van der Waals surface area contributed by atoms with Crippen LogP contribution in [0.4, 0.5) is 13.2 Å². The van der Waals surface area contributed by atoms with E-state index in [9.17, 15) is 18.0 Å². The minimum Gasteiger partial charge on any atom is -0.457 e. The van der Waals surface area contributed by atoms with E-state index in [-0.39, 0.29) is 11.9 Å². The maximum atomic E-state index is 12.9. The van der Waals surface area contributed by atoms with Crippen molar-refractivity contribution in [2.45, 2.75) is 25.1 Å². The summed E-state index contributed by atoms with van der Waals surface area (Å²) >= 11 is 0. The second kappa shape index (κ2) is 6.88. The number of fused-ring (bicyclic) bond motifs is 1. The Morgan fingerprint density at radius 1 is 1.11 bits per heavy atom. The van der Waals surface area contributed by atoms with Crippen LogP contribution in [-0.4, -0.2) is 36.5 Å². The summed E-state index contributed by atoms with van der Waals surface area (Å²) in [5.74, 6) is 0.818. The zero-order valence-electron chi connectivity index (χ0n) is 14.6. The Labute approximate surface area is 154 Å². The van der Waals surface area contributed by atoms with Gasteiger partial charge < -0.3 is 15.0 Å². The molecule has 1 unspecified atom stereocenters. The second-order valence-electron chi connectivity index (χ2n) is 6.80. The molecule has 1 amide bonds. The smallest absolute Gasteiger partial charge is 0.416 e. The molecule has 0 spiro atoms. The van der Waals surface area contributed by atoms with Crippen molar-refractivity contribution in [3.8, 4) is 11.5 Å². The van der Waals surface area contributed by atoms with Gasteiger partial charge in [0.05, 0.1) is 5.56 Å². The molecule has 1 N–H and O–H groups in total. The summed E-state index contributed by atoms with van der Waals surface area (Å²) < 4.78 is 43.9. The lowest BCUT2D eigenvalue weighted by Crippen LogP contribution is -2.45. The Morgan fingerprint density at radius 2 is 1.89 bits per heavy atom. The maximum Gasteiger partial charge on any atom is 0.416 e. The van der Waals surface area contributed by atoms with Crippen LogP contribution in [0.1, 0.15) is 27.9 Å². The number of rotatable bonds is 3. The molecule has 7 heteroatoms. The van der Waals surface area contributed by atoms with Crippen molar-refractivity contribution in [3.63, 3.8) is 0 Å². The van der Waals surface area contributed by atoms with Gasteiger partial charge in [-0.05, 0) is 55.8 Å². The van der Waals surface area contributed by atoms with Gasteiger partial charge in [-0.15, -0.1) is 0 Å².